The fourth-order valence-corrected chi connectivity index (χ4v) is 2.20. The highest BCUT2D eigenvalue weighted by Crippen LogP contribution is 2.10. The molecular formula is C13H27N3O. The van der Waals surface area contributed by atoms with E-state index in [1.807, 2.05) is 7.05 Å². The number of nitrogens with zero attached hydrogens (tertiary/aromatic N) is 1. The second-order valence-electron chi connectivity index (χ2n) is 5.61. The number of rotatable bonds is 6. The maximum atomic E-state index is 11.6. The topological polar surface area (TPSA) is 44.4 Å². The Hall–Kier alpha value is -0.610. The molecule has 0 bridgehead atoms. The van der Waals surface area contributed by atoms with Crippen LogP contribution >= 0.6 is 0 Å². The van der Waals surface area contributed by atoms with Gasteiger partial charge in [0.1, 0.15) is 0 Å². The zero-order valence-corrected chi connectivity index (χ0v) is 11.5. The Labute approximate surface area is 105 Å². The average molecular weight is 241 g/mol. The molecule has 1 amide bonds. The molecule has 1 heterocycles. The van der Waals surface area contributed by atoms with Crippen molar-refractivity contribution < 1.29 is 4.79 Å². The Balaban J connectivity index is 2.14. The van der Waals surface area contributed by atoms with Crippen molar-refractivity contribution in [3.8, 4) is 0 Å². The Bertz CT molecular complexity index is 225. The minimum absolute atomic E-state index is 0.143. The van der Waals surface area contributed by atoms with E-state index in [2.05, 4.69) is 29.4 Å². The normalized spacial score (nSPS) is 20.9. The molecule has 0 saturated carbocycles. The van der Waals surface area contributed by atoms with Gasteiger partial charge < -0.3 is 10.6 Å². The molecule has 17 heavy (non-hydrogen) atoms. The number of hydrogen-bond donors (Lipinski definition) is 2. The van der Waals surface area contributed by atoms with E-state index in [9.17, 15) is 4.79 Å². The Morgan fingerprint density at radius 3 is 2.88 bits per heavy atom. The zero-order chi connectivity index (χ0) is 12.7. The van der Waals surface area contributed by atoms with E-state index in [1.54, 1.807) is 0 Å². The predicted molar refractivity (Wildman–Crippen MR) is 70.9 cm³/mol. The van der Waals surface area contributed by atoms with Gasteiger partial charge in [0.15, 0.2) is 0 Å². The molecule has 1 saturated heterocycles. The van der Waals surface area contributed by atoms with Crippen molar-refractivity contribution in [2.45, 2.75) is 26.7 Å². The maximum Gasteiger partial charge on any atom is 0.234 e. The smallest absolute Gasteiger partial charge is 0.234 e. The number of likely N-dealkylation sites (N-methyl/N-ethyl adjacent to an activating group) is 1. The van der Waals surface area contributed by atoms with Crippen LogP contribution in [-0.4, -0.2) is 50.6 Å². The van der Waals surface area contributed by atoms with Gasteiger partial charge in [0.25, 0.3) is 0 Å². The van der Waals surface area contributed by atoms with Gasteiger partial charge in [-0.2, -0.15) is 0 Å². The molecule has 100 valence electrons. The van der Waals surface area contributed by atoms with Crippen molar-refractivity contribution in [2.24, 2.45) is 11.8 Å². The summed E-state index contributed by atoms with van der Waals surface area (Å²) < 4.78 is 0. The summed E-state index contributed by atoms with van der Waals surface area (Å²) in [7, 11) is 2.03. The summed E-state index contributed by atoms with van der Waals surface area (Å²) in [6.07, 6.45) is 2.54. The molecule has 1 atom stereocenters. The van der Waals surface area contributed by atoms with Crippen molar-refractivity contribution >= 4 is 5.91 Å². The largest absolute Gasteiger partial charge is 0.355 e. The number of piperidine rings is 1. The van der Waals surface area contributed by atoms with Crippen LogP contribution in [0.25, 0.3) is 0 Å². The minimum Gasteiger partial charge on any atom is -0.355 e. The SMILES string of the molecule is CC(C)CNC(=O)CN(C)CC1CCCNC1. The number of amides is 1. The predicted octanol–water partition coefficient (Wildman–Crippen LogP) is 0.690. The maximum absolute atomic E-state index is 11.6. The molecular weight excluding hydrogens is 214 g/mol. The fraction of sp³-hybridized carbons (Fsp3) is 0.923. The van der Waals surface area contributed by atoms with Crippen LogP contribution in [0.2, 0.25) is 0 Å². The van der Waals surface area contributed by atoms with Gasteiger partial charge in [-0.1, -0.05) is 13.8 Å². The van der Waals surface area contributed by atoms with Gasteiger partial charge in [0, 0.05) is 13.1 Å². The van der Waals surface area contributed by atoms with E-state index in [0.29, 0.717) is 18.4 Å². The highest BCUT2D eigenvalue weighted by atomic mass is 16.2. The standard InChI is InChI=1S/C13H27N3O/c1-11(2)7-15-13(17)10-16(3)9-12-5-4-6-14-8-12/h11-12,14H,4-10H2,1-3H3,(H,15,17). The highest BCUT2D eigenvalue weighted by Gasteiger charge is 2.16. The first-order chi connectivity index (χ1) is 8.08. The van der Waals surface area contributed by atoms with Crippen LogP contribution in [0.15, 0.2) is 0 Å². The molecule has 0 aromatic carbocycles. The molecule has 1 unspecified atom stereocenters. The quantitative estimate of drug-likeness (QED) is 0.719. The van der Waals surface area contributed by atoms with Gasteiger partial charge in [-0.25, -0.2) is 0 Å². The summed E-state index contributed by atoms with van der Waals surface area (Å²) in [4.78, 5) is 13.8. The van der Waals surface area contributed by atoms with Crippen LogP contribution in [-0.2, 0) is 4.79 Å². The van der Waals surface area contributed by atoms with Gasteiger partial charge in [0.2, 0.25) is 5.91 Å². The first-order valence-electron chi connectivity index (χ1n) is 6.74. The first-order valence-corrected chi connectivity index (χ1v) is 6.74. The van der Waals surface area contributed by atoms with Crippen molar-refractivity contribution in [1.29, 1.82) is 0 Å². The number of carbonyl (C=O) groups excluding carboxylic acids is 1. The van der Waals surface area contributed by atoms with Crippen molar-refractivity contribution in [2.75, 3.05) is 39.8 Å². The van der Waals surface area contributed by atoms with Gasteiger partial charge in [0.05, 0.1) is 6.54 Å². The van der Waals surface area contributed by atoms with Gasteiger partial charge in [-0.15, -0.1) is 0 Å². The van der Waals surface area contributed by atoms with Crippen LogP contribution < -0.4 is 10.6 Å². The molecule has 1 aliphatic heterocycles. The van der Waals surface area contributed by atoms with Crippen LogP contribution in [0.4, 0.5) is 0 Å². The lowest BCUT2D eigenvalue weighted by atomic mass is 9.99. The Morgan fingerprint density at radius 1 is 1.53 bits per heavy atom. The third-order valence-corrected chi connectivity index (χ3v) is 3.09. The molecule has 4 heteroatoms. The third-order valence-electron chi connectivity index (χ3n) is 3.09. The minimum atomic E-state index is 0.143. The first kappa shape index (κ1) is 14.5. The summed E-state index contributed by atoms with van der Waals surface area (Å²) in [6, 6.07) is 0. The van der Waals surface area contributed by atoms with Crippen molar-refractivity contribution in [3.63, 3.8) is 0 Å². The lowest BCUT2D eigenvalue weighted by molar-refractivity contribution is -0.122. The average Bonchev–Trinajstić information content (AvgIpc) is 2.27. The Kier molecular flexibility index (Phi) is 6.52. The van der Waals surface area contributed by atoms with E-state index in [1.165, 1.54) is 12.8 Å². The molecule has 0 spiro atoms. The lowest BCUT2D eigenvalue weighted by Gasteiger charge is -2.27. The number of hydrogen-bond acceptors (Lipinski definition) is 3. The molecule has 0 aliphatic carbocycles. The summed E-state index contributed by atoms with van der Waals surface area (Å²) in [6.45, 7) is 8.77. The van der Waals surface area contributed by atoms with E-state index in [4.69, 9.17) is 0 Å². The van der Waals surface area contributed by atoms with E-state index < -0.39 is 0 Å². The summed E-state index contributed by atoms with van der Waals surface area (Å²) in [5.74, 6) is 1.36. The second kappa shape index (κ2) is 7.67. The van der Waals surface area contributed by atoms with Crippen molar-refractivity contribution in [1.82, 2.24) is 15.5 Å². The van der Waals surface area contributed by atoms with Crippen molar-refractivity contribution in [3.05, 3.63) is 0 Å². The number of nitrogens with one attached hydrogen (secondary N) is 2. The fourth-order valence-electron chi connectivity index (χ4n) is 2.20. The summed E-state index contributed by atoms with van der Waals surface area (Å²) >= 11 is 0. The Morgan fingerprint density at radius 2 is 2.29 bits per heavy atom. The van der Waals surface area contributed by atoms with Crippen LogP contribution in [0.1, 0.15) is 26.7 Å². The highest BCUT2D eigenvalue weighted by molar-refractivity contribution is 5.77. The molecule has 4 nitrogen and oxygen atoms in total. The van der Waals surface area contributed by atoms with E-state index in [-0.39, 0.29) is 5.91 Å². The number of carbonyl (C=O) groups is 1. The second-order valence-corrected chi connectivity index (χ2v) is 5.61. The summed E-state index contributed by atoms with van der Waals surface area (Å²) in [5, 5.41) is 6.36. The molecule has 1 aliphatic rings. The molecule has 2 N–H and O–H groups in total. The van der Waals surface area contributed by atoms with Gasteiger partial charge >= 0.3 is 0 Å². The van der Waals surface area contributed by atoms with E-state index in [0.717, 1.165) is 26.2 Å². The van der Waals surface area contributed by atoms with Gasteiger partial charge in [-0.3, -0.25) is 9.69 Å². The molecule has 1 rings (SSSR count). The third kappa shape index (κ3) is 6.64. The molecule has 0 aromatic rings. The molecule has 0 aromatic heterocycles. The summed E-state index contributed by atoms with van der Waals surface area (Å²) in [5.41, 5.74) is 0. The van der Waals surface area contributed by atoms with Crippen LogP contribution in [0.5, 0.6) is 0 Å². The lowest BCUT2D eigenvalue weighted by Crippen LogP contribution is -2.41. The molecule has 0 radical (unpaired) electrons. The monoisotopic (exact) mass is 241 g/mol. The van der Waals surface area contributed by atoms with Gasteiger partial charge in [-0.05, 0) is 44.8 Å². The van der Waals surface area contributed by atoms with E-state index >= 15 is 0 Å². The zero-order valence-electron chi connectivity index (χ0n) is 11.5. The molecule has 1 fully saturated rings. The van der Waals surface area contributed by atoms with Crippen LogP contribution in [0, 0.1) is 11.8 Å². The van der Waals surface area contributed by atoms with Crippen LogP contribution in [0.3, 0.4) is 0 Å².